The summed E-state index contributed by atoms with van der Waals surface area (Å²) in [5.41, 5.74) is 0.919. The predicted octanol–water partition coefficient (Wildman–Crippen LogP) is 5.00. The van der Waals surface area contributed by atoms with Crippen molar-refractivity contribution < 1.29 is 31.8 Å². The van der Waals surface area contributed by atoms with Crippen molar-refractivity contribution in [1.29, 1.82) is 0 Å². The van der Waals surface area contributed by atoms with Crippen LogP contribution in [0.5, 0.6) is 17.4 Å². The van der Waals surface area contributed by atoms with Crippen molar-refractivity contribution in [3.8, 4) is 34.6 Å². The second-order valence-corrected chi connectivity index (χ2v) is 10.7. The summed E-state index contributed by atoms with van der Waals surface area (Å²) in [5.74, 6) is 0.884. The van der Waals surface area contributed by atoms with E-state index < -0.39 is 27.6 Å². The average molecular weight is 627 g/mol. The van der Waals surface area contributed by atoms with Crippen LogP contribution in [0.2, 0.25) is 5.15 Å². The first-order chi connectivity index (χ1) is 20.7. The summed E-state index contributed by atoms with van der Waals surface area (Å²) in [6.45, 7) is 1.45. The van der Waals surface area contributed by atoms with Gasteiger partial charge in [0, 0.05) is 11.6 Å². The molecule has 15 heteroatoms. The molecule has 1 N–H and O–H groups in total. The maximum absolute atomic E-state index is 13.1. The first-order valence-corrected chi connectivity index (χ1v) is 14.6. The van der Waals surface area contributed by atoms with E-state index in [-0.39, 0.29) is 27.8 Å². The van der Waals surface area contributed by atoms with Crippen molar-refractivity contribution in [3.05, 3.63) is 76.9 Å². The van der Waals surface area contributed by atoms with E-state index in [0.29, 0.717) is 40.9 Å². The molecule has 222 valence electrons. The number of ether oxygens (including phenoxy) is 3. The highest BCUT2D eigenvalue weighted by Gasteiger charge is 2.29. The molecule has 0 aliphatic heterocycles. The monoisotopic (exact) mass is 626 g/mol. The van der Waals surface area contributed by atoms with Crippen molar-refractivity contribution in [3.63, 3.8) is 0 Å². The predicted molar refractivity (Wildman–Crippen MR) is 157 cm³/mol. The van der Waals surface area contributed by atoms with Crippen molar-refractivity contribution in [2.75, 3.05) is 25.5 Å². The molecule has 5 aromatic rings. The molecule has 0 aliphatic carbocycles. The van der Waals surface area contributed by atoms with Crippen LogP contribution in [0.25, 0.3) is 28.5 Å². The minimum atomic E-state index is -4.72. The molecule has 3 aromatic heterocycles. The number of aromatic nitrogens is 5. The number of imidazole rings is 1. The fourth-order valence-electron chi connectivity index (χ4n) is 4.20. The highest BCUT2D eigenvalue weighted by atomic mass is 35.5. The Bertz CT molecular complexity index is 1910. The largest absolute Gasteiger partial charge is 0.494 e. The molecule has 0 fully saturated rings. The number of benzene rings is 2. The number of hydrogen-bond donors (Lipinski definition) is 1. The molecular formula is C28H24ClFN6O6S. The zero-order valence-corrected chi connectivity index (χ0v) is 24.6. The van der Waals surface area contributed by atoms with Crippen LogP contribution in [0.3, 0.4) is 0 Å². The van der Waals surface area contributed by atoms with Gasteiger partial charge >= 0.3 is 10.0 Å². The molecule has 5 rings (SSSR count). The molecule has 0 atom stereocenters. The van der Waals surface area contributed by atoms with E-state index >= 15 is 0 Å². The number of carbonyl (C=O) groups is 1. The Hall–Kier alpha value is -4.82. The van der Waals surface area contributed by atoms with Crippen LogP contribution >= 0.6 is 11.6 Å². The maximum Gasteiger partial charge on any atom is 0.301 e. The van der Waals surface area contributed by atoms with Gasteiger partial charge in [-0.25, -0.2) is 24.3 Å². The third kappa shape index (κ3) is 5.79. The van der Waals surface area contributed by atoms with Gasteiger partial charge in [-0.15, -0.1) is 0 Å². The highest BCUT2D eigenvalue weighted by molar-refractivity contribution is 8.07. The average Bonchev–Trinajstić information content (AvgIpc) is 3.38. The van der Waals surface area contributed by atoms with Crippen LogP contribution in [-0.4, -0.2) is 58.9 Å². The molecule has 0 saturated heterocycles. The number of rotatable bonds is 10. The number of fused-ring (bicyclic) bond motifs is 1. The minimum Gasteiger partial charge on any atom is -0.494 e. The molecule has 0 bridgehead atoms. The van der Waals surface area contributed by atoms with Crippen molar-refractivity contribution in [2.45, 2.75) is 13.6 Å². The topological polar surface area (TPSA) is 147 Å². The van der Waals surface area contributed by atoms with Crippen molar-refractivity contribution in [2.24, 2.45) is 0 Å². The summed E-state index contributed by atoms with van der Waals surface area (Å²) in [6.07, 6.45) is 0. The summed E-state index contributed by atoms with van der Waals surface area (Å²) in [5, 5.41) is -1.63. The summed E-state index contributed by atoms with van der Waals surface area (Å²) in [4.78, 5) is 30.7. The van der Waals surface area contributed by atoms with Crippen LogP contribution in [0.4, 0.5) is 10.2 Å². The molecule has 0 radical (unpaired) electrons. The molecule has 3 heterocycles. The Kier molecular flexibility index (Phi) is 8.41. The van der Waals surface area contributed by atoms with Crippen molar-refractivity contribution in [1.82, 2.24) is 24.5 Å². The van der Waals surface area contributed by atoms with Crippen LogP contribution in [0, 0.1) is 0 Å². The lowest BCUT2D eigenvalue weighted by Gasteiger charge is -2.16. The van der Waals surface area contributed by atoms with Gasteiger partial charge in [0.2, 0.25) is 5.88 Å². The van der Waals surface area contributed by atoms with E-state index in [1.165, 1.54) is 43.1 Å². The molecule has 0 unspecified atom stereocenters. The molecule has 0 amide bonds. The molecule has 2 aromatic carbocycles. The standard InChI is InChI=1S/C28H24ClFN6O6S/c1-4-42-21-10-5-7-18(31-21)26-34-25-27(36(26)22-19(40-2)8-6-9-20(22)41-3)33-24(23(29)32-25)35-43(38,39)28(37)17-13-11-16(15-30)12-14-17/h5-14H,4,15H2,1-3H3,(H,33,35). The van der Waals surface area contributed by atoms with Gasteiger partial charge in [-0.2, -0.15) is 8.42 Å². The second-order valence-electron chi connectivity index (χ2n) is 8.81. The van der Waals surface area contributed by atoms with Crippen LogP contribution in [-0.2, 0) is 16.7 Å². The van der Waals surface area contributed by atoms with Gasteiger partial charge in [0.25, 0.3) is 5.12 Å². The van der Waals surface area contributed by atoms with E-state index in [0.717, 1.165) is 0 Å². The summed E-state index contributed by atoms with van der Waals surface area (Å²) in [7, 11) is -1.77. The number of nitrogens with zero attached hydrogens (tertiary/aromatic N) is 5. The lowest BCUT2D eigenvalue weighted by atomic mass is 10.2. The van der Waals surface area contributed by atoms with E-state index in [9.17, 15) is 17.6 Å². The van der Waals surface area contributed by atoms with Crippen molar-refractivity contribution >= 4 is 43.9 Å². The summed E-state index contributed by atoms with van der Waals surface area (Å²) in [6, 6.07) is 15.3. The number of carbonyl (C=O) groups excluding carboxylic acids is 1. The van der Waals surface area contributed by atoms with Crippen LogP contribution in [0.1, 0.15) is 22.8 Å². The number of para-hydroxylation sites is 1. The van der Waals surface area contributed by atoms with E-state index in [2.05, 4.69) is 24.7 Å². The summed E-state index contributed by atoms with van der Waals surface area (Å²) >= 11 is 6.35. The van der Waals surface area contributed by atoms with Gasteiger partial charge in [0.15, 0.2) is 28.1 Å². The van der Waals surface area contributed by atoms with Crippen LogP contribution in [0.15, 0.2) is 60.7 Å². The number of anilines is 1. The van der Waals surface area contributed by atoms with Gasteiger partial charge in [-0.1, -0.05) is 35.9 Å². The molecule has 43 heavy (non-hydrogen) atoms. The molecule has 0 saturated carbocycles. The van der Waals surface area contributed by atoms with E-state index in [4.69, 9.17) is 25.8 Å². The number of methoxy groups -OCH3 is 2. The second kappa shape index (κ2) is 12.2. The lowest BCUT2D eigenvalue weighted by Crippen LogP contribution is -2.24. The molecule has 12 nitrogen and oxygen atoms in total. The maximum atomic E-state index is 13.1. The fourth-order valence-corrected chi connectivity index (χ4v) is 5.36. The minimum absolute atomic E-state index is 0.0349. The smallest absolute Gasteiger partial charge is 0.301 e. The normalized spacial score (nSPS) is 11.4. The first kappa shape index (κ1) is 29.7. The number of nitrogens with one attached hydrogen (secondary N) is 1. The zero-order valence-electron chi connectivity index (χ0n) is 23.0. The SMILES string of the molecule is CCOc1cccc(-c2nc3nc(Cl)c(NS(=O)(=O)C(=O)c4ccc(CF)cc4)nc3n2-c2c(OC)cccc2OC)n1. The number of halogens is 2. The van der Waals surface area contributed by atoms with Gasteiger partial charge < -0.3 is 14.2 Å². The van der Waals surface area contributed by atoms with Crippen LogP contribution < -0.4 is 18.9 Å². The quantitative estimate of drug-likeness (QED) is 0.225. The van der Waals surface area contributed by atoms with Gasteiger partial charge in [-0.3, -0.25) is 14.1 Å². The Morgan fingerprint density at radius 3 is 2.26 bits per heavy atom. The van der Waals surface area contributed by atoms with Gasteiger partial charge in [0.1, 0.15) is 29.6 Å². The lowest BCUT2D eigenvalue weighted by molar-refractivity contribution is 0.107. The molecular weight excluding hydrogens is 603 g/mol. The van der Waals surface area contributed by atoms with Gasteiger partial charge in [0.05, 0.1) is 20.8 Å². The molecule has 0 spiro atoms. The number of alkyl halides is 1. The summed E-state index contributed by atoms with van der Waals surface area (Å²) < 4.78 is 59.5. The Morgan fingerprint density at radius 1 is 0.953 bits per heavy atom. The van der Waals surface area contributed by atoms with Gasteiger partial charge in [-0.05, 0) is 42.8 Å². The number of sulfonamides is 1. The first-order valence-electron chi connectivity index (χ1n) is 12.7. The fraction of sp³-hybridized carbons (Fsp3) is 0.179. The number of pyridine rings is 1. The Balaban J connectivity index is 1.70. The van der Waals surface area contributed by atoms with E-state index in [1.807, 2.05) is 6.92 Å². The third-order valence-electron chi connectivity index (χ3n) is 6.14. The Labute approximate surface area is 250 Å². The third-order valence-corrected chi connectivity index (χ3v) is 7.59. The Morgan fingerprint density at radius 2 is 1.63 bits per heavy atom. The highest BCUT2D eigenvalue weighted by Crippen LogP contribution is 2.38. The molecule has 0 aliphatic rings. The van der Waals surface area contributed by atoms with E-state index in [1.54, 1.807) is 36.4 Å². The number of hydrogen-bond acceptors (Lipinski definition) is 10. The zero-order chi connectivity index (χ0) is 30.7.